The summed E-state index contributed by atoms with van der Waals surface area (Å²) in [7, 11) is 0. The van der Waals surface area contributed by atoms with Crippen LogP contribution in [0.1, 0.15) is 70.4 Å². The smallest absolute Gasteiger partial charge is 0.0233 e. The third-order valence-corrected chi connectivity index (χ3v) is 5.15. The summed E-state index contributed by atoms with van der Waals surface area (Å²) in [5, 5.41) is 0. The zero-order chi connectivity index (χ0) is 16.7. The number of nitrogens with two attached hydrogens (primary N) is 1. The van der Waals surface area contributed by atoms with Crippen LogP contribution in [0, 0.1) is 5.92 Å². The zero-order valence-corrected chi connectivity index (χ0v) is 15.5. The summed E-state index contributed by atoms with van der Waals surface area (Å²) < 4.78 is 0. The van der Waals surface area contributed by atoms with Gasteiger partial charge in [-0.1, -0.05) is 64.3 Å². The third kappa shape index (κ3) is 6.27. The predicted molar refractivity (Wildman–Crippen MR) is 101 cm³/mol. The lowest BCUT2D eigenvalue weighted by atomic mass is 9.86. The molecule has 1 aromatic rings. The van der Waals surface area contributed by atoms with E-state index >= 15 is 0 Å². The van der Waals surface area contributed by atoms with E-state index in [0.717, 1.165) is 32.0 Å². The number of hydrogen-bond acceptors (Lipinski definition) is 2. The molecule has 2 rings (SSSR count). The first-order valence-electron chi connectivity index (χ1n) is 9.51. The molecule has 2 heteroatoms. The first-order chi connectivity index (χ1) is 11.0. The van der Waals surface area contributed by atoms with Gasteiger partial charge in [0, 0.05) is 13.1 Å². The minimum absolute atomic E-state index is 0.236. The molecule has 0 aliphatic heterocycles. The van der Waals surface area contributed by atoms with Crippen LogP contribution < -0.4 is 5.73 Å². The molecule has 23 heavy (non-hydrogen) atoms. The molecule has 0 amide bonds. The Labute approximate surface area is 143 Å². The van der Waals surface area contributed by atoms with E-state index in [2.05, 4.69) is 49.9 Å². The maximum atomic E-state index is 5.74. The Hall–Kier alpha value is -0.860. The normalized spacial score (nSPS) is 16.9. The van der Waals surface area contributed by atoms with Crippen LogP contribution in [0.15, 0.2) is 24.3 Å². The van der Waals surface area contributed by atoms with Crippen molar-refractivity contribution in [2.75, 3.05) is 19.6 Å². The van der Waals surface area contributed by atoms with Crippen LogP contribution in [-0.4, -0.2) is 24.5 Å². The molecule has 0 radical (unpaired) electrons. The summed E-state index contributed by atoms with van der Waals surface area (Å²) in [6.45, 7) is 11.1. The minimum Gasteiger partial charge on any atom is -0.330 e. The summed E-state index contributed by atoms with van der Waals surface area (Å²) in [4.78, 5) is 2.63. The Morgan fingerprint density at radius 3 is 2.26 bits per heavy atom. The van der Waals surface area contributed by atoms with Crippen molar-refractivity contribution in [2.24, 2.45) is 11.7 Å². The molecule has 2 nitrogen and oxygen atoms in total. The maximum Gasteiger partial charge on any atom is 0.0233 e. The molecule has 0 spiro atoms. The summed E-state index contributed by atoms with van der Waals surface area (Å²) >= 11 is 0. The molecular weight excluding hydrogens is 280 g/mol. The van der Waals surface area contributed by atoms with Crippen LogP contribution in [-0.2, 0) is 12.0 Å². The van der Waals surface area contributed by atoms with Gasteiger partial charge >= 0.3 is 0 Å². The molecule has 2 N–H and O–H groups in total. The van der Waals surface area contributed by atoms with Crippen LogP contribution in [0.5, 0.6) is 0 Å². The molecule has 130 valence electrons. The minimum atomic E-state index is 0.236. The van der Waals surface area contributed by atoms with Crippen molar-refractivity contribution in [1.29, 1.82) is 0 Å². The fraction of sp³-hybridized carbons (Fsp3) is 0.714. The lowest BCUT2D eigenvalue weighted by Crippen LogP contribution is -2.32. The van der Waals surface area contributed by atoms with Gasteiger partial charge in [-0.15, -0.1) is 0 Å². The van der Waals surface area contributed by atoms with Crippen molar-refractivity contribution in [3.8, 4) is 0 Å². The van der Waals surface area contributed by atoms with Gasteiger partial charge in [0.15, 0.2) is 0 Å². The molecule has 0 atom stereocenters. The third-order valence-electron chi connectivity index (χ3n) is 5.15. The fourth-order valence-corrected chi connectivity index (χ4v) is 3.65. The van der Waals surface area contributed by atoms with Gasteiger partial charge in [-0.3, -0.25) is 4.90 Å². The van der Waals surface area contributed by atoms with Gasteiger partial charge in [0.05, 0.1) is 0 Å². The number of benzene rings is 1. The second-order valence-electron chi connectivity index (χ2n) is 8.33. The SMILES string of the molecule is CC(C)(C)c1ccc(CN(CCCN)CC2CCCCC2)cc1. The lowest BCUT2D eigenvalue weighted by molar-refractivity contribution is 0.193. The van der Waals surface area contributed by atoms with E-state index in [0.29, 0.717) is 0 Å². The summed E-state index contributed by atoms with van der Waals surface area (Å²) in [6.07, 6.45) is 8.23. The van der Waals surface area contributed by atoms with Crippen molar-refractivity contribution >= 4 is 0 Å². The zero-order valence-electron chi connectivity index (χ0n) is 15.5. The molecule has 0 heterocycles. The standard InChI is InChI=1S/C21H36N2/c1-21(2,3)20-12-10-19(11-13-20)17-23(15-7-14-22)16-18-8-5-4-6-9-18/h10-13,18H,4-9,14-17,22H2,1-3H3. The molecule has 1 aromatic carbocycles. The Morgan fingerprint density at radius 1 is 1.04 bits per heavy atom. The maximum absolute atomic E-state index is 5.74. The molecule has 1 saturated carbocycles. The molecule has 1 fully saturated rings. The van der Waals surface area contributed by atoms with Gasteiger partial charge in [0.25, 0.3) is 0 Å². The Balaban J connectivity index is 1.95. The average Bonchev–Trinajstić information content (AvgIpc) is 2.53. The summed E-state index contributed by atoms with van der Waals surface area (Å²) in [6, 6.07) is 9.24. The van der Waals surface area contributed by atoms with Gasteiger partial charge in [0.2, 0.25) is 0 Å². The van der Waals surface area contributed by atoms with Crippen molar-refractivity contribution in [1.82, 2.24) is 4.90 Å². The Kier molecular flexibility index (Phi) is 7.10. The first kappa shape index (κ1) is 18.5. The highest BCUT2D eigenvalue weighted by molar-refractivity contribution is 5.27. The van der Waals surface area contributed by atoms with Crippen LogP contribution >= 0.6 is 0 Å². The van der Waals surface area contributed by atoms with Gasteiger partial charge in [-0.05, 0) is 54.8 Å². The van der Waals surface area contributed by atoms with E-state index in [9.17, 15) is 0 Å². The van der Waals surface area contributed by atoms with E-state index in [1.165, 1.54) is 49.8 Å². The summed E-state index contributed by atoms with van der Waals surface area (Å²) in [5.41, 5.74) is 8.83. The molecule has 0 aromatic heterocycles. The highest BCUT2D eigenvalue weighted by atomic mass is 15.1. The van der Waals surface area contributed by atoms with E-state index in [-0.39, 0.29) is 5.41 Å². The molecule has 0 unspecified atom stereocenters. The van der Waals surface area contributed by atoms with Crippen molar-refractivity contribution in [3.63, 3.8) is 0 Å². The van der Waals surface area contributed by atoms with E-state index < -0.39 is 0 Å². The van der Waals surface area contributed by atoms with Crippen LogP contribution in [0.25, 0.3) is 0 Å². The average molecular weight is 317 g/mol. The van der Waals surface area contributed by atoms with Gasteiger partial charge in [-0.2, -0.15) is 0 Å². The van der Waals surface area contributed by atoms with Crippen molar-refractivity contribution in [3.05, 3.63) is 35.4 Å². The van der Waals surface area contributed by atoms with Crippen LogP contribution in [0.2, 0.25) is 0 Å². The van der Waals surface area contributed by atoms with Crippen molar-refractivity contribution in [2.45, 2.75) is 71.3 Å². The first-order valence-corrected chi connectivity index (χ1v) is 9.51. The lowest BCUT2D eigenvalue weighted by Gasteiger charge is -2.30. The Morgan fingerprint density at radius 2 is 1.70 bits per heavy atom. The monoisotopic (exact) mass is 316 g/mol. The predicted octanol–water partition coefficient (Wildman–Crippen LogP) is 4.72. The molecule has 0 bridgehead atoms. The summed E-state index contributed by atoms with van der Waals surface area (Å²) in [5.74, 6) is 0.898. The van der Waals surface area contributed by atoms with Crippen LogP contribution in [0.4, 0.5) is 0 Å². The number of nitrogens with zero attached hydrogens (tertiary/aromatic N) is 1. The quantitative estimate of drug-likeness (QED) is 0.789. The number of rotatable bonds is 7. The van der Waals surface area contributed by atoms with Gasteiger partial charge in [-0.25, -0.2) is 0 Å². The topological polar surface area (TPSA) is 29.3 Å². The highest BCUT2D eigenvalue weighted by Crippen LogP contribution is 2.26. The molecular formula is C21H36N2. The van der Waals surface area contributed by atoms with E-state index in [1.54, 1.807) is 0 Å². The molecule has 1 aliphatic rings. The molecule has 1 aliphatic carbocycles. The van der Waals surface area contributed by atoms with E-state index in [1.807, 2.05) is 0 Å². The van der Waals surface area contributed by atoms with Crippen LogP contribution in [0.3, 0.4) is 0 Å². The fourth-order valence-electron chi connectivity index (χ4n) is 3.65. The van der Waals surface area contributed by atoms with Gasteiger partial charge in [0.1, 0.15) is 0 Å². The van der Waals surface area contributed by atoms with Crippen molar-refractivity contribution < 1.29 is 0 Å². The van der Waals surface area contributed by atoms with E-state index in [4.69, 9.17) is 5.73 Å². The largest absolute Gasteiger partial charge is 0.330 e. The second-order valence-corrected chi connectivity index (χ2v) is 8.33. The highest BCUT2D eigenvalue weighted by Gasteiger charge is 2.18. The second kappa shape index (κ2) is 8.84. The number of hydrogen-bond donors (Lipinski definition) is 1. The molecule has 0 saturated heterocycles. The van der Waals surface area contributed by atoms with Gasteiger partial charge < -0.3 is 5.73 Å². The Bertz CT molecular complexity index is 438.